The minimum Gasteiger partial charge on any atom is -0.492 e. The number of aromatic nitrogens is 1. The van der Waals surface area contributed by atoms with Crippen LogP contribution >= 0.6 is 10.0 Å². The van der Waals surface area contributed by atoms with E-state index in [9.17, 15) is 25.7 Å². The molecule has 3 rings (SSSR count). The first kappa shape index (κ1) is 26.4. The van der Waals surface area contributed by atoms with Crippen LogP contribution < -0.4 is 4.74 Å². The van der Waals surface area contributed by atoms with Gasteiger partial charge in [-0.15, -0.1) is 0 Å². The summed E-state index contributed by atoms with van der Waals surface area (Å²) in [6.45, 7) is 5.11. The van der Waals surface area contributed by atoms with Crippen molar-refractivity contribution in [3.05, 3.63) is 71.9 Å². The topological polar surface area (TPSA) is 132 Å². The van der Waals surface area contributed by atoms with E-state index >= 15 is 0 Å². The highest BCUT2D eigenvalue weighted by molar-refractivity contribution is 8.44. The molecule has 0 fully saturated rings. The van der Waals surface area contributed by atoms with Gasteiger partial charge in [-0.05, 0) is 61.4 Å². The van der Waals surface area contributed by atoms with E-state index in [1.54, 1.807) is 19.1 Å². The van der Waals surface area contributed by atoms with E-state index in [1.165, 1.54) is 0 Å². The van der Waals surface area contributed by atoms with Crippen molar-refractivity contribution in [3.63, 3.8) is 0 Å². The first-order valence-electron chi connectivity index (χ1n) is 11.3. The summed E-state index contributed by atoms with van der Waals surface area (Å²) < 4.78 is 13.3. The van der Waals surface area contributed by atoms with Crippen molar-refractivity contribution in [2.24, 2.45) is 0 Å². The fourth-order valence-corrected chi connectivity index (χ4v) is 4.76. The molecule has 9 heteroatoms. The maximum Gasteiger partial charge on any atom is 0.333 e. The number of carboxylic acid groups (broad SMARTS) is 1. The van der Waals surface area contributed by atoms with E-state index in [4.69, 9.17) is 9.47 Å². The average molecular weight is 503 g/mol. The largest absolute Gasteiger partial charge is 0.492 e. The summed E-state index contributed by atoms with van der Waals surface area (Å²) in [6.07, 6.45) is -0.586. The Bertz CT molecular complexity index is 1290. The molecule has 1 unspecified atom stereocenters. The normalized spacial score (nSPS) is 12.1. The van der Waals surface area contributed by atoms with Crippen molar-refractivity contribution in [2.45, 2.75) is 37.8 Å². The summed E-state index contributed by atoms with van der Waals surface area (Å²) in [6, 6.07) is 18.3. The summed E-state index contributed by atoms with van der Waals surface area (Å²) in [4.78, 5) is 11.7. The molecule has 36 heavy (non-hydrogen) atoms. The third-order valence-corrected chi connectivity index (χ3v) is 7.49. The quantitative estimate of drug-likeness (QED) is 0.357. The smallest absolute Gasteiger partial charge is 0.333 e. The number of hydrogen-bond acceptors (Lipinski definition) is 6. The highest BCUT2D eigenvalue weighted by Gasteiger charge is 2.26. The zero-order valence-electron chi connectivity index (χ0n) is 20.0. The van der Waals surface area contributed by atoms with Gasteiger partial charge in [0.15, 0.2) is 6.10 Å². The van der Waals surface area contributed by atoms with Gasteiger partial charge in [-0.1, -0.05) is 24.3 Å². The number of ether oxygens (including phenoxy) is 2. The highest BCUT2D eigenvalue weighted by atomic mass is 32.3. The molecule has 0 aliphatic carbocycles. The Morgan fingerprint density at radius 2 is 1.64 bits per heavy atom. The molecule has 3 aromatic rings. The molecule has 0 bridgehead atoms. The van der Waals surface area contributed by atoms with Gasteiger partial charge < -0.3 is 19.1 Å². The lowest BCUT2D eigenvalue weighted by Gasteiger charge is -2.16. The van der Waals surface area contributed by atoms with Crippen LogP contribution in [0.1, 0.15) is 18.2 Å². The summed E-state index contributed by atoms with van der Waals surface area (Å²) in [7, 11) is -2.80. The Morgan fingerprint density at radius 1 is 1.00 bits per heavy atom. The number of carbonyl (C=O) groups is 1. The second-order valence-electron chi connectivity index (χ2n) is 7.90. The Hall–Kier alpha value is -4.23. The Morgan fingerprint density at radius 3 is 2.19 bits per heavy atom. The molecule has 0 aliphatic rings. The summed E-state index contributed by atoms with van der Waals surface area (Å²) >= 11 is 0. The molecule has 1 aromatic heterocycles. The minimum atomic E-state index is -2.80. The molecule has 1 heterocycles. The number of rotatable bonds is 11. The van der Waals surface area contributed by atoms with Crippen LogP contribution in [-0.2, 0) is 22.5 Å². The molecule has 2 aromatic carbocycles. The van der Waals surface area contributed by atoms with Crippen LogP contribution in [0.15, 0.2) is 65.6 Å². The van der Waals surface area contributed by atoms with Crippen molar-refractivity contribution < 1.29 is 19.4 Å². The number of hydrogen-bond donors (Lipinski definition) is 1. The first-order chi connectivity index (χ1) is 17.4. The van der Waals surface area contributed by atoms with Gasteiger partial charge in [-0.25, -0.2) is 4.79 Å². The highest BCUT2D eigenvalue weighted by Crippen LogP contribution is 2.52. The van der Waals surface area contributed by atoms with Gasteiger partial charge in [0.2, 0.25) is 0 Å². The SMILES string of the molecule is CCOC(Cc1ccc(OCCn2c(C)ccc2-c2ccc(S(C#N)(C#N)C#N)cc2)cc1)C(=O)O. The lowest BCUT2D eigenvalue weighted by atomic mass is 10.1. The van der Waals surface area contributed by atoms with Crippen LogP contribution in [-0.4, -0.2) is 35.0 Å². The molecule has 0 radical (unpaired) electrons. The van der Waals surface area contributed by atoms with Crippen LogP contribution in [0.4, 0.5) is 0 Å². The molecular weight excluding hydrogens is 476 g/mol. The van der Waals surface area contributed by atoms with E-state index in [0.717, 1.165) is 22.5 Å². The van der Waals surface area contributed by atoms with Crippen molar-refractivity contribution in [2.75, 3.05) is 13.2 Å². The fourth-order valence-electron chi connectivity index (χ4n) is 3.78. The van der Waals surface area contributed by atoms with Gasteiger partial charge in [0.25, 0.3) is 0 Å². The van der Waals surface area contributed by atoms with Crippen molar-refractivity contribution in [1.29, 1.82) is 15.8 Å². The van der Waals surface area contributed by atoms with Gasteiger partial charge in [0, 0.05) is 29.3 Å². The number of benzene rings is 2. The van der Waals surface area contributed by atoms with E-state index in [-0.39, 0.29) is 6.42 Å². The summed E-state index contributed by atoms with van der Waals surface area (Å²) in [5, 5.41) is 42.9. The van der Waals surface area contributed by atoms with Crippen molar-refractivity contribution in [1.82, 2.24) is 4.57 Å². The minimum absolute atomic E-state index is 0.286. The van der Waals surface area contributed by atoms with Gasteiger partial charge >= 0.3 is 5.97 Å². The predicted octanol–water partition coefficient (Wildman–Crippen LogP) is 5.18. The number of nitriles is 3. The third-order valence-electron chi connectivity index (χ3n) is 5.68. The average Bonchev–Trinajstić information content (AvgIpc) is 3.26. The van der Waals surface area contributed by atoms with Crippen LogP contribution in [0, 0.1) is 38.9 Å². The second kappa shape index (κ2) is 12.0. The Labute approximate surface area is 211 Å². The Kier molecular flexibility index (Phi) is 8.76. The molecule has 1 N–H and O–H groups in total. The second-order valence-corrected chi connectivity index (χ2v) is 10.1. The maximum absolute atomic E-state index is 11.3. The van der Waals surface area contributed by atoms with Crippen LogP contribution in [0.5, 0.6) is 5.75 Å². The number of nitrogens with zero attached hydrogens (tertiary/aromatic N) is 4. The number of aryl methyl sites for hydroxylation is 1. The van der Waals surface area contributed by atoms with E-state index in [2.05, 4.69) is 4.57 Å². The molecule has 8 nitrogen and oxygen atoms in total. The van der Waals surface area contributed by atoms with Crippen LogP contribution in [0.25, 0.3) is 11.3 Å². The molecular formula is C27H26N4O4S. The molecule has 184 valence electrons. The molecule has 0 saturated carbocycles. The lowest BCUT2D eigenvalue weighted by molar-refractivity contribution is -0.149. The zero-order valence-corrected chi connectivity index (χ0v) is 20.9. The number of carboxylic acids is 1. The van der Waals surface area contributed by atoms with E-state index < -0.39 is 22.1 Å². The number of thiocyanates is 3. The maximum atomic E-state index is 11.3. The monoisotopic (exact) mass is 502 g/mol. The van der Waals surface area contributed by atoms with Crippen LogP contribution in [0.2, 0.25) is 0 Å². The Balaban J connectivity index is 1.66. The standard InChI is InChI=1S/C27H26N4O4S/c1-3-34-26(27(32)33)16-21-5-9-23(10-6-21)35-15-14-31-20(2)4-13-25(31)22-7-11-24(12-8-22)36(17-28,18-29)19-30/h4-13,26H,3,14-16H2,1-2H3,(H,32,33). The van der Waals surface area contributed by atoms with Gasteiger partial charge in [-0.3, -0.25) is 0 Å². The van der Waals surface area contributed by atoms with Gasteiger partial charge in [0.05, 0.1) is 16.6 Å². The summed E-state index contributed by atoms with van der Waals surface area (Å²) in [5.41, 5.74) is 3.76. The molecule has 1 atom stereocenters. The van der Waals surface area contributed by atoms with Crippen LogP contribution in [0.3, 0.4) is 0 Å². The summed E-state index contributed by atoms with van der Waals surface area (Å²) in [5.74, 6) is -0.299. The van der Waals surface area contributed by atoms with Crippen molar-refractivity contribution in [3.8, 4) is 33.2 Å². The number of aliphatic carboxylic acids is 1. The van der Waals surface area contributed by atoms with Gasteiger partial charge in [0.1, 0.15) is 28.6 Å². The predicted molar refractivity (Wildman–Crippen MR) is 136 cm³/mol. The first-order valence-corrected chi connectivity index (χ1v) is 12.9. The fraction of sp³-hybridized carbons (Fsp3) is 0.259. The van der Waals surface area contributed by atoms with E-state index in [0.29, 0.717) is 30.4 Å². The molecule has 0 saturated heterocycles. The molecule has 0 amide bonds. The van der Waals surface area contributed by atoms with E-state index in [1.807, 2.05) is 71.7 Å². The lowest BCUT2D eigenvalue weighted by Crippen LogP contribution is -2.26. The third kappa shape index (κ3) is 5.87. The molecule has 0 spiro atoms. The van der Waals surface area contributed by atoms with Gasteiger partial charge in [-0.2, -0.15) is 15.8 Å². The molecule has 0 aliphatic heterocycles. The zero-order chi connectivity index (χ0) is 26.1. The van der Waals surface area contributed by atoms with Crippen molar-refractivity contribution >= 4 is 16.0 Å².